The lowest BCUT2D eigenvalue weighted by Crippen LogP contribution is -2.56. The van der Waals surface area contributed by atoms with Gasteiger partial charge in [-0.25, -0.2) is 4.79 Å². The van der Waals surface area contributed by atoms with Crippen LogP contribution in [0.5, 0.6) is 0 Å². The van der Waals surface area contributed by atoms with E-state index in [2.05, 4.69) is 0 Å². The molecule has 1 fully saturated rings. The average molecular weight is 331 g/mol. The first kappa shape index (κ1) is 17.6. The molecule has 1 amide bonds. The lowest BCUT2D eigenvalue weighted by atomic mass is 9.90. The number of hydrogen-bond donors (Lipinski definition) is 0. The summed E-state index contributed by atoms with van der Waals surface area (Å²) in [5.41, 5.74) is -1.32. The molecule has 0 spiro atoms. The Balaban J connectivity index is 1.89. The van der Waals surface area contributed by atoms with E-state index in [4.69, 9.17) is 9.47 Å². The molecule has 1 aliphatic heterocycles. The Labute approximate surface area is 133 Å². The first-order valence-electron chi connectivity index (χ1n) is 7.54. The smallest absolute Gasteiger partial charge is 0.417 e. The van der Waals surface area contributed by atoms with Crippen LogP contribution in [0.4, 0.5) is 18.0 Å². The van der Waals surface area contributed by atoms with Gasteiger partial charge in [0.1, 0.15) is 6.61 Å². The number of halogens is 3. The molecule has 2 rings (SSSR count). The Kier molecular flexibility index (Phi) is 5.51. The molecule has 7 heteroatoms. The second kappa shape index (κ2) is 7.21. The SMILES string of the molecule is CCOC1(C(F)(F)F)CCN(C(=O)OCc2ccccc2)CC1. The van der Waals surface area contributed by atoms with Gasteiger partial charge in [-0.05, 0) is 12.5 Å². The monoisotopic (exact) mass is 331 g/mol. The topological polar surface area (TPSA) is 38.8 Å². The van der Waals surface area contributed by atoms with Crippen molar-refractivity contribution in [3.8, 4) is 0 Å². The zero-order valence-corrected chi connectivity index (χ0v) is 12.9. The second-order valence-electron chi connectivity index (χ2n) is 5.45. The zero-order valence-electron chi connectivity index (χ0n) is 12.9. The number of carbonyl (C=O) groups excluding carboxylic acids is 1. The van der Waals surface area contributed by atoms with E-state index in [1.54, 1.807) is 0 Å². The van der Waals surface area contributed by atoms with Crippen LogP contribution in [0.2, 0.25) is 0 Å². The Morgan fingerprint density at radius 1 is 1.22 bits per heavy atom. The summed E-state index contributed by atoms with van der Waals surface area (Å²) in [5, 5.41) is 0. The highest BCUT2D eigenvalue weighted by Gasteiger charge is 2.57. The number of hydrogen-bond acceptors (Lipinski definition) is 3. The zero-order chi connectivity index (χ0) is 16.9. The fourth-order valence-corrected chi connectivity index (χ4v) is 2.65. The van der Waals surface area contributed by atoms with Crippen LogP contribution in [-0.4, -0.2) is 42.5 Å². The Bertz CT molecular complexity index is 511. The number of likely N-dealkylation sites (tertiary alicyclic amines) is 1. The summed E-state index contributed by atoms with van der Waals surface area (Å²) in [6.07, 6.45) is -5.58. The van der Waals surface area contributed by atoms with E-state index in [1.165, 1.54) is 11.8 Å². The predicted molar refractivity (Wildman–Crippen MR) is 77.8 cm³/mol. The lowest BCUT2D eigenvalue weighted by Gasteiger charge is -2.41. The van der Waals surface area contributed by atoms with Crippen LogP contribution >= 0.6 is 0 Å². The number of carbonyl (C=O) groups is 1. The fourth-order valence-electron chi connectivity index (χ4n) is 2.65. The van der Waals surface area contributed by atoms with Gasteiger partial charge >= 0.3 is 12.3 Å². The molecule has 0 unspecified atom stereocenters. The summed E-state index contributed by atoms with van der Waals surface area (Å²) in [7, 11) is 0. The highest BCUT2D eigenvalue weighted by molar-refractivity contribution is 5.67. The van der Waals surface area contributed by atoms with Gasteiger partial charge in [0.25, 0.3) is 0 Å². The molecule has 1 aromatic rings. The van der Waals surface area contributed by atoms with Gasteiger partial charge < -0.3 is 14.4 Å². The van der Waals surface area contributed by atoms with Crippen LogP contribution in [0.25, 0.3) is 0 Å². The molecule has 0 atom stereocenters. The van der Waals surface area contributed by atoms with E-state index < -0.39 is 17.9 Å². The largest absolute Gasteiger partial charge is 0.445 e. The van der Waals surface area contributed by atoms with Gasteiger partial charge in [0.15, 0.2) is 5.60 Å². The first-order chi connectivity index (χ1) is 10.9. The van der Waals surface area contributed by atoms with Crippen LogP contribution < -0.4 is 0 Å². The molecule has 1 aliphatic rings. The maximum Gasteiger partial charge on any atom is 0.417 e. The van der Waals surface area contributed by atoms with Crippen LogP contribution in [0, 0.1) is 0 Å². The molecule has 0 aliphatic carbocycles. The molecule has 1 aromatic carbocycles. The number of benzene rings is 1. The van der Waals surface area contributed by atoms with E-state index in [0.717, 1.165) is 5.56 Å². The van der Waals surface area contributed by atoms with Gasteiger partial charge in [0.05, 0.1) is 0 Å². The van der Waals surface area contributed by atoms with Gasteiger partial charge in [0.2, 0.25) is 0 Å². The lowest BCUT2D eigenvalue weighted by molar-refractivity contribution is -0.288. The molecule has 1 saturated heterocycles. The van der Waals surface area contributed by atoms with Crippen molar-refractivity contribution in [2.24, 2.45) is 0 Å². The third kappa shape index (κ3) is 4.16. The fraction of sp³-hybridized carbons (Fsp3) is 0.562. The van der Waals surface area contributed by atoms with Gasteiger partial charge in [-0.15, -0.1) is 0 Å². The highest BCUT2D eigenvalue weighted by Crippen LogP contribution is 2.41. The van der Waals surface area contributed by atoms with Crippen LogP contribution in [0.1, 0.15) is 25.3 Å². The first-order valence-corrected chi connectivity index (χ1v) is 7.54. The molecule has 0 radical (unpaired) electrons. The number of alkyl halides is 3. The number of piperidine rings is 1. The third-order valence-electron chi connectivity index (χ3n) is 3.97. The second-order valence-corrected chi connectivity index (χ2v) is 5.45. The summed E-state index contributed by atoms with van der Waals surface area (Å²) < 4.78 is 49.8. The summed E-state index contributed by atoms with van der Waals surface area (Å²) in [5.74, 6) is 0. The van der Waals surface area contributed by atoms with Gasteiger partial charge in [0, 0.05) is 32.5 Å². The summed E-state index contributed by atoms with van der Waals surface area (Å²) in [6.45, 7) is 1.55. The van der Waals surface area contributed by atoms with E-state index >= 15 is 0 Å². The van der Waals surface area contributed by atoms with Gasteiger partial charge in [-0.1, -0.05) is 30.3 Å². The maximum absolute atomic E-state index is 13.2. The molecule has 1 heterocycles. The number of nitrogens with zero attached hydrogens (tertiary/aromatic N) is 1. The number of rotatable bonds is 4. The minimum atomic E-state index is -4.44. The van der Waals surface area contributed by atoms with Crippen LogP contribution in [-0.2, 0) is 16.1 Å². The van der Waals surface area contributed by atoms with Crippen LogP contribution in [0.3, 0.4) is 0 Å². The Morgan fingerprint density at radius 3 is 2.35 bits per heavy atom. The Hall–Kier alpha value is -1.76. The maximum atomic E-state index is 13.2. The van der Waals surface area contributed by atoms with Gasteiger partial charge in [-0.3, -0.25) is 0 Å². The normalized spacial score (nSPS) is 17.8. The average Bonchev–Trinajstić information content (AvgIpc) is 2.53. The summed E-state index contributed by atoms with van der Waals surface area (Å²) >= 11 is 0. The summed E-state index contributed by atoms with van der Waals surface area (Å²) in [4.78, 5) is 13.3. The predicted octanol–water partition coefficient (Wildman–Crippen LogP) is 3.76. The van der Waals surface area contributed by atoms with Crippen molar-refractivity contribution in [1.29, 1.82) is 0 Å². The minimum Gasteiger partial charge on any atom is -0.445 e. The highest BCUT2D eigenvalue weighted by atomic mass is 19.4. The number of ether oxygens (including phenoxy) is 2. The Morgan fingerprint density at radius 2 is 1.83 bits per heavy atom. The number of amides is 1. The van der Waals surface area contributed by atoms with E-state index in [9.17, 15) is 18.0 Å². The van der Waals surface area contributed by atoms with Crippen molar-refractivity contribution in [2.45, 2.75) is 38.1 Å². The molecule has 0 saturated carbocycles. The summed E-state index contributed by atoms with van der Waals surface area (Å²) in [6, 6.07) is 9.12. The molecule has 128 valence electrons. The van der Waals surface area contributed by atoms with Gasteiger partial charge in [-0.2, -0.15) is 13.2 Å². The van der Waals surface area contributed by atoms with E-state index in [-0.39, 0.29) is 39.1 Å². The molecule has 0 aromatic heterocycles. The van der Waals surface area contributed by atoms with Crippen molar-refractivity contribution in [3.63, 3.8) is 0 Å². The minimum absolute atomic E-state index is 0.0159. The quantitative estimate of drug-likeness (QED) is 0.843. The molecule has 23 heavy (non-hydrogen) atoms. The molecule has 4 nitrogen and oxygen atoms in total. The van der Waals surface area contributed by atoms with Crippen molar-refractivity contribution < 1.29 is 27.4 Å². The molecule has 0 N–H and O–H groups in total. The van der Waals surface area contributed by atoms with Crippen molar-refractivity contribution in [3.05, 3.63) is 35.9 Å². The molecule has 0 bridgehead atoms. The van der Waals surface area contributed by atoms with Crippen LogP contribution in [0.15, 0.2) is 30.3 Å². The van der Waals surface area contributed by atoms with E-state index in [0.29, 0.717) is 0 Å². The van der Waals surface area contributed by atoms with Crippen molar-refractivity contribution >= 4 is 6.09 Å². The molecular formula is C16H20F3NO3. The molecular weight excluding hydrogens is 311 g/mol. The standard InChI is InChI=1S/C16H20F3NO3/c1-2-23-15(16(17,18)19)8-10-20(11-9-15)14(21)22-12-13-6-4-3-5-7-13/h3-7H,2,8-12H2,1H3. The third-order valence-corrected chi connectivity index (χ3v) is 3.97. The van der Waals surface area contributed by atoms with E-state index in [1.807, 2.05) is 30.3 Å². The van der Waals surface area contributed by atoms with Crippen molar-refractivity contribution in [2.75, 3.05) is 19.7 Å². The van der Waals surface area contributed by atoms with Crippen molar-refractivity contribution in [1.82, 2.24) is 4.90 Å².